The maximum atomic E-state index is 14.8. The van der Waals surface area contributed by atoms with Crippen molar-refractivity contribution in [2.45, 2.75) is 123 Å². The van der Waals surface area contributed by atoms with Crippen LogP contribution in [0.5, 0.6) is 0 Å². The maximum Gasteiger partial charge on any atom is 0.324 e. The molecule has 1 aromatic carbocycles. The Morgan fingerprint density at radius 1 is 1.07 bits per heavy atom. The summed E-state index contributed by atoms with van der Waals surface area (Å²) in [6, 6.07) is 3.97. The summed E-state index contributed by atoms with van der Waals surface area (Å²) < 4.78 is 15.0. The smallest absolute Gasteiger partial charge is 0.324 e. The second-order valence-corrected chi connectivity index (χ2v) is 22.2. The molecule has 6 bridgehead atoms. The zero-order valence-corrected chi connectivity index (χ0v) is 43.6. The molecule has 4 N–H and O–H groups in total. The Labute approximate surface area is 411 Å². The predicted octanol–water partition coefficient (Wildman–Crippen LogP) is 4.38. The fourth-order valence-electron chi connectivity index (χ4n) is 10.8. The summed E-state index contributed by atoms with van der Waals surface area (Å²) in [4.78, 5) is 76.3. The Balaban J connectivity index is 1.20. The molecule has 3 unspecified atom stereocenters. The number of ether oxygens (including phenoxy) is 2. The molecule has 0 aliphatic carbocycles. The largest absolute Gasteiger partial charge is 0.464 e. The van der Waals surface area contributed by atoms with Crippen molar-refractivity contribution in [2.75, 3.05) is 78.0 Å². The standard InChI is InChI=1S/C52H78N9O7P/c1-10-60-42-18-17-35-28-38(42)39(46(60)37-14-11-22-54-44(37)33(2)3)30-51(6,7)32-68-49(65)40-15-13-23-61(56-40)48(64)41(29-36-31-59(35)26-27-67-36)55-47(63)45(34(4)5)57(9)50(66)52(69)19-24-58(25-20-52)43(62)16-12-21-53-8/h11-12,14,16-18,28,33-34,36,40-41,45,53-54,56H,10,13,15,19-27,29-32,69H2,1-9H3,(H,55,63)/b16-12+/t36-,40-,41?,45?/m0/s1. The number of likely N-dealkylation sites (tertiary alicyclic amines) is 1. The van der Waals surface area contributed by atoms with Crippen LogP contribution in [-0.4, -0.2) is 151 Å². The number of allylic oxidation sites excluding steroid dienone is 3. The van der Waals surface area contributed by atoms with E-state index in [0.717, 1.165) is 29.7 Å². The summed E-state index contributed by atoms with van der Waals surface area (Å²) in [5.41, 5.74) is 9.69. The van der Waals surface area contributed by atoms with E-state index in [1.807, 2.05) is 20.9 Å². The van der Waals surface area contributed by atoms with Gasteiger partial charge < -0.3 is 44.7 Å². The van der Waals surface area contributed by atoms with E-state index in [0.29, 0.717) is 78.0 Å². The molecule has 3 saturated heterocycles. The first-order valence-electron chi connectivity index (χ1n) is 25.2. The van der Waals surface area contributed by atoms with Crippen molar-refractivity contribution in [3.63, 3.8) is 0 Å². The Bertz CT molecular complexity index is 2330. The molecule has 69 heavy (non-hydrogen) atoms. The van der Waals surface area contributed by atoms with Crippen molar-refractivity contribution in [1.82, 2.24) is 40.8 Å². The van der Waals surface area contributed by atoms with Crippen LogP contribution in [0.15, 0.2) is 48.2 Å². The van der Waals surface area contributed by atoms with Crippen LogP contribution in [-0.2, 0) is 46.4 Å². The highest BCUT2D eigenvalue weighted by molar-refractivity contribution is 7.21. The summed E-state index contributed by atoms with van der Waals surface area (Å²) >= 11 is 0. The second-order valence-electron chi connectivity index (χ2n) is 21.1. The highest BCUT2D eigenvalue weighted by Gasteiger charge is 2.45. The van der Waals surface area contributed by atoms with Gasteiger partial charge in [0, 0.05) is 105 Å². The number of aromatic nitrogens is 1. The third-order valence-electron chi connectivity index (χ3n) is 14.5. The highest BCUT2D eigenvalue weighted by Crippen LogP contribution is 2.41. The molecule has 17 heteroatoms. The van der Waals surface area contributed by atoms with Gasteiger partial charge in [0.1, 0.15) is 18.1 Å². The number of nitrogens with one attached hydrogen (secondary N) is 4. The Hall–Kier alpha value is -4.76. The maximum absolute atomic E-state index is 14.8. The number of hydrogen-bond donors (Lipinski definition) is 4. The topological polar surface area (TPSA) is 170 Å². The van der Waals surface area contributed by atoms with Crippen molar-refractivity contribution < 1.29 is 33.4 Å². The Morgan fingerprint density at radius 2 is 1.83 bits per heavy atom. The highest BCUT2D eigenvalue weighted by atomic mass is 31.0. The van der Waals surface area contributed by atoms with Crippen molar-refractivity contribution in [3.8, 4) is 0 Å². The van der Waals surface area contributed by atoms with Crippen LogP contribution in [0.3, 0.4) is 0 Å². The first-order valence-corrected chi connectivity index (χ1v) is 25.8. The number of piperidine rings is 1. The number of likely N-dealkylation sites (N-methyl/N-ethyl adjacent to an activating group) is 2. The predicted molar refractivity (Wildman–Crippen MR) is 274 cm³/mol. The summed E-state index contributed by atoms with van der Waals surface area (Å²) in [7, 11) is 6.19. The van der Waals surface area contributed by atoms with Crippen molar-refractivity contribution in [2.24, 2.45) is 17.3 Å². The number of carbonyl (C=O) groups is 5. The number of carbonyl (C=O) groups excluding carboxylic acids is 5. The van der Waals surface area contributed by atoms with E-state index in [2.05, 4.69) is 105 Å². The number of benzene rings is 1. The minimum atomic E-state index is -1.04. The van der Waals surface area contributed by atoms with Crippen LogP contribution in [0, 0.1) is 17.3 Å². The molecular weight excluding hydrogens is 894 g/mol. The molecule has 0 spiro atoms. The summed E-state index contributed by atoms with van der Waals surface area (Å²) in [6.07, 6.45) is 10.0. The normalized spacial score (nSPS) is 23.8. The fourth-order valence-corrected chi connectivity index (χ4v) is 11.3. The zero-order valence-electron chi connectivity index (χ0n) is 42.5. The van der Waals surface area contributed by atoms with Crippen LogP contribution >= 0.6 is 9.24 Å². The van der Waals surface area contributed by atoms with Gasteiger partial charge in [0.05, 0.1) is 30.2 Å². The van der Waals surface area contributed by atoms with Crippen LogP contribution in [0.25, 0.3) is 16.5 Å². The van der Waals surface area contributed by atoms with Gasteiger partial charge in [-0.05, 0) is 81.7 Å². The number of amides is 4. The monoisotopic (exact) mass is 972 g/mol. The molecule has 6 heterocycles. The number of hydrazine groups is 1. The number of rotatable bonds is 11. The number of nitrogens with zero attached hydrogens (tertiary/aromatic N) is 5. The number of anilines is 1. The molecule has 1 aromatic heterocycles. The first-order chi connectivity index (χ1) is 32.9. The van der Waals surface area contributed by atoms with Gasteiger partial charge in [-0.15, -0.1) is 9.24 Å². The first kappa shape index (κ1) is 52.1. The van der Waals surface area contributed by atoms with E-state index in [4.69, 9.17) is 9.47 Å². The average molecular weight is 972 g/mol. The van der Waals surface area contributed by atoms with E-state index in [-0.39, 0.29) is 42.6 Å². The Kier molecular flexibility index (Phi) is 16.7. The summed E-state index contributed by atoms with van der Waals surface area (Å²) in [5, 5.41) is 11.5. The molecule has 0 saturated carbocycles. The van der Waals surface area contributed by atoms with Crippen LogP contribution in [0.1, 0.15) is 91.8 Å². The van der Waals surface area contributed by atoms with Crippen LogP contribution < -0.4 is 26.3 Å². The van der Waals surface area contributed by atoms with Crippen LogP contribution in [0.2, 0.25) is 0 Å². The lowest BCUT2D eigenvalue weighted by Gasteiger charge is -2.42. The lowest BCUT2D eigenvalue weighted by atomic mass is 9.83. The molecular formula is C52H78N9O7P. The van der Waals surface area contributed by atoms with Gasteiger partial charge in [-0.3, -0.25) is 29.0 Å². The van der Waals surface area contributed by atoms with E-state index in [1.54, 1.807) is 24.1 Å². The van der Waals surface area contributed by atoms with Gasteiger partial charge >= 0.3 is 5.97 Å². The van der Waals surface area contributed by atoms with Gasteiger partial charge in [0.25, 0.3) is 5.91 Å². The molecule has 378 valence electrons. The van der Waals surface area contributed by atoms with E-state index in [1.165, 1.54) is 32.4 Å². The number of esters is 1. The van der Waals surface area contributed by atoms with Gasteiger partial charge in [-0.2, -0.15) is 0 Å². The molecule has 7 rings (SSSR count). The van der Waals surface area contributed by atoms with Gasteiger partial charge in [-0.1, -0.05) is 59.8 Å². The second kappa shape index (κ2) is 22.1. The molecule has 0 radical (unpaired) electrons. The quantitative estimate of drug-likeness (QED) is 0.143. The molecule has 5 aliphatic heterocycles. The average Bonchev–Trinajstić information content (AvgIpc) is 3.63. The lowest BCUT2D eigenvalue weighted by molar-refractivity contribution is -0.156. The number of dihydropyridines is 1. The van der Waals surface area contributed by atoms with Crippen molar-refractivity contribution >= 4 is 61.0 Å². The van der Waals surface area contributed by atoms with Gasteiger partial charge in [-0.25, -0.2) is 5.43 Å². The van der Waals surface area contributed by atoms with Crippen molar-refractivity contribution in [1.29, 1.82) is 0 Å². The molecule has 16 nitrogen and oxygen atoms in total. The summed E-state index contributed by atoms with van der Waals surface area (Å²) in [5.74, 6) is -1.60. The number of cyclic esters (lactones) is 1. The fraction of sp³-hybridized carbons (Fsp3) is 0.635. The van der Waals surface area contributed by atoms with Crippen molar-refractivity contribution in [3.05, 3.63) is 59.5 Å². The third-order valence-corrected chi connectivity index (χ3v) is 15.3. The molecule has 5 atom stereocenters. The van der Waals surface area contributed by atoms with Crippen LogP contribution in [0.4, 0.5) is 5.69 Å². The van der Waals surface area contributed by atoms with Gasteiger partial charge in [0.15, 0.2) is 0 Å². The SMILES string of the molecule is CCn1c(C2=C(C(C)C)NCC=C2)c2c3cc(ccc31)N1CCO[C@@H](CC(NC(=O)C(C(C)C)N(C)C(=O)C3(P)CCN(C(=O)/C=C/CNC)CC3)C(=O)N3CCC[C@H](N3)C(=O)OCC(C)(C)C2)C1. The molecule has 3 fully saturated rings. The van der Waals surface area contributed by atoms with E-state index in [9.17, 15) is 24.0 Å². The lowest BCUT2D eigenvalue weighted by Crippen LogP contribution is -2.63. The number of morpholine rings is 1. The molecule has 5 aliphatic rings. The zero-order chi connectivity index (χ0) is 49.8. The minimum absolute atomic E-state index is 0.0952. The Morgan fingerprint density at radius 3 is 2.52 bits per heavy atom. The third kappa shape index (κ3) is 11.6. The van der Waals surface area contributed by atoms with E-state index >= 15 is 0 Å². The number of hydrogen-bond acceptors (Lipinski definition) is 11. The molecule has 4 amide bonds. The molecule has 2 aromatic rings. The number of aryl methyl sites for hydroxylation is 1. The van der Waals surface area contributed by atoms with Gasteiger partial charge in [0.2, 0.25) is 17.7 Å². The summed E-state index contributed by atoms with van der Waals surface area (Å²) in [6.45, 7) is 19.7. The minimum Gasteiger partial charge on any atom is -0.464 e. The van der Waals surface area contributed by atoms with E-state index < -0.39 is 46.7 Å². The number of fused-ring (bicyclic) bond motifs is 6.